The Morgan fingerprint density at radius 2 is 1.85 bits per heavy atom. The Kier molecular flexibility index (Phi) is 9.05. The van der Waals surface area contributed by atoms with E-state index in [1.165, 1.54) is 24.9 Å². The lowest BCUT2D eigenvalue weighted by Crippen LogP contribution is -2.27. The average Bonchev–Trinajstić information content (AvgIpc) is 3.15. The van der Waals surface area contributed by atoms with Crippen LogP contribution >= 0.6 is 11.8 Å². The number of thioether (sulfide) groups is 1. The molecule has 1 amide bonds. The number of alkyl halides is 2. The largest absolute Gasteiger partial charge is 0.493 e. The summed E-state index contributed by atoms with van der Waals surface area (Å²) in [5.74, 6) is 1.84. The quantitative estimate of drug-likeness (QED) is 0.365. The Hall–Kier alpha value is -2.68. The molecular weight excluding hydrogens is 452 g/mol. The van der Waals surface area contributed by atoms with E-state index in [9.17, 15) is 13.6 Å². The van der Waals surface area contributed by atoms with Crippen LogP contribution in [0.2, 0.25) is 0 Å². The fraction of sp³-hybridized carbons (Fsp3) is 0.458. The molecule has 1 aliphatic heterocycles. The average molecular weight is 482 g/mol. The Labute approximate surface area is 197 Å². The highest BCUT2D eigenvalue weighted by Crippen LogP contribution is 2.43. The monoisotopic (exact) mass is 481 g/mol. The van der Waals surface area contributed by atoms with Crippen molar-refractivity contribution in [1.82, 2.24) is 4.90 Å². The van der Waals surface area contributed by atoms with Gasteiger partial charge in [0, 0.05) is 6.54 Å². The number of ether oxygens (including phenoxy) is 4. The maximum absolute atomic E-state index is 12.7. The van der Waals surface area contributed by atoms with Crippen LogP contribution in [0.1, 0.15) is 43.2 Å². The molecule has 3 rings (SSSR count). The second kappa shape index (κ2) is 12.0. The molecule has 0 aromatic heterocycles. The molecule has 1 atom stereocenters. The summed E-state index contributed by atoms with van der Waals surface area (Å²) in [5.41, 5.74) is 1.68. The van der Waals surface area contributed by atoms with E-state index in [1.807, 2.05) is 25.1 Å². The Morgan fingerprint density at radius 3 is 2.55 bits per heavy atom. The summed E-state index contributed by atoms with van der Waals surface area (Å²) >= 11 is 1.53. The zero-order valence-electron chi connectivity index (χ0n) is 19.0. The van der Waals surface area contributed by atoms with Gasteiger partial charge in [0.05, 0.1) is 26.1 Å². The van der Waals surface area contributed by atoms with Gasteiger partial charge in [-0.3, -0.25) is 4.79 Å². The third-order valence-electron chi connectivity index (χ3n) is 5.07. The molecule has 0 N–H and O–H groups in total. The summed E-state index contributed by atoms with van der Waals surface area (Å²) in [5, 5.41) is -0.204. The molecule has 180 valence electrons. The van der Waals surface area contributed by atoms with Gasteiger partial charge in [0.2, 0.25) is 5.91 Å². The van der Waals surface area contributed by atoms with E-state index in [0.29, 0.717) is 37.0 Å². The third-order valence-corrected chi connectivity index (χ3v) is 6.33. The maximum Gasteiger partial charge on any atom is 0.387 e. The van der Waals surface area contributed by atoms with Crippen molar-refractivity contribution in [1.29, 1.82) is 0 Å². The van der Waals surface area contributed by atoms with Crippen molar-refractivity contribution in [2.45, 2.75) is 45.2 Å². The first-order valence-corrected chi connectivity index (χ1v) is 11.9. The number of rotatable bonds is 12. The Morgan fingerprint density at radius 1 is 1.06 bits per heavy atom. The molecule has 0 bridgehead atoms. The zero-order valence-corrected chi connectivity index (χ0v) is 19.8. The molecule has 2 aromatic carbocycles. The fourth-order valence-corrected chi connectivity index (χ4v) is 4.67. The van der Waals surface area contributed by atoms with Crippen molar-refractivity contribution in [3.05, 3.63) is 47.5 Å². The van der Waals surface area contributed by atoms with Crippen LogP contribution in [0.3, 0.4) is 0 Å². The molecule has 1 saturated heterocycles. The van der Waals surface area contributed by atoms with Gasteiger partial charge in [-0.05, 0) is 48.7 Å². The van der Waals surface area contributed by atoms with E-state index >= 15 is 0 Å². The van der Waals surface area contributed by atoms with Crippen LogP contribution in [0.5, 0.6) is 23.0 Å². The van der Waals surface area contributed by atoms with Gasteiger partial charge in [0.1, 0.15) is 5.37 Å². The van der Waals surface area contributed by atoms with Gasteiger partial charge >= 0.3 is 6.61 Å². The summed E-state index contributed by atoms with van der Waals surface area (Å²) in [4.78, 5) is 14.4. The molecule has 0 aliphatic carbocycles. The van der Waals surface area contributed by atoms with Gasteiger partial charge in [-0.15, -0.1) is 11.8 Å². The fourth-order valence-electron chi connectivity index (χ4n) is 3.49. The molecule has 0 spiro atoms. The number of hydrogen-bond donors (Lipinski definition) is 0. The predicted octanol–water partition coefficient (Wildman–Crippen LogP) is 5.65. The van der Waals surface area contributed by atoms with Gasteiger partial charge in [-0.1, -0.05) is 25.5 Å². The molecule has 0 radical (unpaired) electrons. The van der Waals surface area contributed by atoms with Gasteiger partial charge in [0.15, 0.2) is 23.0 Å². The topological polar surface area (TPSA) is 57.2 Å². The smallest absolute Gasteiger partial charge is 0.387 e. The minimum atomic E-state index is -2.95. The standard InChI is InChI=1S/C24H29F2NO5S/c1-4-6-11-31-18-10-8-17(13-21(18)30-5-2)23-27(22(28)15-33-23)14-16-7-9-19(32-24(25)26)20(12-16)29-3/h7-10,12-13,23-24H,4-6,11,14-15H2,1-3H3. The van der Waals surface area contributed by atoms with E-state index in [4.69, 9.17) is 14.2 Å². The summed E-state index contributed by atoms with van der Waals surface area (Å²) in [7, 11) is 1.39. The number of unbranched alkanes of at least 4 members (excludes halogenated alkanes) is 1. The molecule has 1 heterocycles. The van der Waals surface area contributed by atoms with Crippen molar-refractivity contribution in [3.63, 3.8) is 0 Å². The number of benzene rings is 2. The Bertz CT molecular complexity index is 943. The first-order chi connectivity index (χ1) is 16.0. The molecule has 9 heteroatoms. The minimum Gasteiger partial charge on any atom is -0.493 e. The van der Waals surface area contributed by atoms with E-state index in [1.54, 1.807) is 17.0 Å². The minimum absolute atomic E-state index is 0.00175. The van der Waals surface area contributed by atoms with E-state index < -0.39 is 6.61 Å². The summed E-state index contributed by atoms with van der Waals surface area (Å²) in [6.07, 6.45) is 2.00. The molecule has 33 heavy (non-hydrogen) atoms. The van der Waals surface area contributed by atoms with Gasteiger partial charge in [-0.25, -0.2) is 0 Å². The van der Waals surface area contributed by atoms with E-state index in [-0.39, 0.29) is 22.8 Å². The van der Waals surface area contributed by atoms with Crippen LogP contribution in [-0.4, -0.2) is 43.5 Å². The predicted molar refractivity (Wildman–Crippen MR) is 123 cm³/mol. The molecule has 6 nitrogen and oxygen atoms in total. The van der Waals surface area contributed by atoms with Crippen LogP contribution in [0.25, 0.3) is 0 Å². The number of hydrogen-bond acceptors (Lipinski definition) is 6. The highest BCUT2D eigenvalue weighted by molar-refractivity contribution is 8.00. The van der Waals surface area contributed by atoms with Gasteiger partial charge in [-0.2, -0.15) is 8.78 Å². The van der Waals surface area contributed by atoms with Gasteiger partial charge in [0.25, 0.3) is 0 Å². The van der Waals surface area contributed by atoms with Crippen LogP contribution in [-0.2, 0) is 11.3 Å². The molecule has 1 aliphatic rings. The van der Waals surface area contributed by atoms with Crippen LogP contribution < -0.4 is 18.9 Å². The first-order valence-electron chi connectivity index (χ1n) is 10.9. The highest BCUT2D eigenvalue weighted by Gasteiger charge is 2.33. The van der Waals surface area contributed by atoms with Crippen molar-refractivity contribution in [2.24, 2.45) is 0 Å². The maximum atomic E-state index is 12.7. The normalized spacial score (nSPS) is 15.8. The second-order valence-corrected chi connectivity index (χ2v) is 8.46. The highest BCUT2D eigenvalue weighted by atomic mass is 32.2. The van der Waals surface area contributed by atoms with Gasteiger partial charge < -0.3 is 23.8 Å². The van der Waals surface area contributed by atoms with Crippen LogP contribution in [0.15, 0.2) is 36.4 Å². The van der Waals surface area contributed by atoms with Crippen molar-refractivity contribution < 1.29 is 32.5 Å². The zero-order chi connectivity index (χ0) is 23.8. The SMILES string of the molecule is CCCCOc1ccc(C2SCC(=O)N2Cc2ccc(OC(F)F)c(OC)c2)cc1OCC. The number of halogens is 2. The van der Waals surface area contributed by atoms with Crippen LogP contribution in [0.4, 0.5) is 8.78 Å². The van der Waals surface area contributed by atoms with Crippen molar-refractivity contribution in [3.8, 4) is 23.0 Å². The number of carbonyl (C=O) groups is 1. The first kappa shape index (κ1) is 25.0. The Balaban J connectivity index is 1.81. The third kappa shape index (κ3) is 6.43. The molecule has 0 saturated carbocycles. The van der Waals surface area contributed by atoms with Crippen LogP contribution in [0, 0.1) is 0 Å². The lowest BCUT2D eigenvalue weighted by Gasteiger charge is -2.25. The lowest BCUT2D eigenvalue weighted by molar-refractivity contribution is -0.128. The van der Waals surface area contributed by atoms with Crippen molar-refractivity contribution >= 4 is 17.7 Å². The van der Waals surface area contributed by atoms with E-state index in [0.717, 1.165) is 24.0 Å². The summed E-state index contributed by atoms with van der Waals surface area (Å²) in [6.45, 7) is 2.50. The summed E-state index contributed by atoms with van der Waals surface area (Å²) < 4.78 is 46.5. The molecule has 1 unspecified atom stereocenters. The molecule has 2 aromatic rings. The molecular formula is C24H29F2NO5S. The van der Waals surface area contributed by atoms with Crippen molar-refractivity contribution in [2.75, 3.05) is 26.1 Å². The lowest BCUT2D eigenvalue weighted by atomic mass is 10.1. The van der Waals surface area contributed by atoms with E-state index in [2.05, 4.69) is 11.7 Å². The number of methoxy groups -OCH3 is 1. The number of amides is 1. The molecule has 1 fully saturated rings. The number of carbonyl (C=O) groups excluding carboxylic acids is 1. The number of nitrogens with zero attached hydrogens (tertiary/aromatic N) is 1. The summed E-state index contributed by atoms with van der Waals surface area (Å²) in [6, 6.07) is 10.5. The second-order valence-electron chi connectivity index (χ2n) is 7.39.